The van der Waals surface area contributed by atoms with E-state index in [1.807, 2.05) is 6.07 Å². The minimum Gasteiger partial charge on any atom is -0.462 e. The van der Waals surface area contributed by atoms with Gasteiger partial charge in [-0.25, -0.2) is 4.79 Å². The number of halogens is 3. The molecule has 0 unspecified atom stereocenters. The molecule has 26 heavy (non-hydrogen) atoms. The fourth-order valence-electron chi connectivity index (χ4n) is 2.06. The molecular weight excluding hydrogens is 417 g/mol. The molecule has 0 saturated carbocycles. The number of carbonyl (C=O) groups is 2. The van der Waals surface area contributed by atoms with Crippen molar-refractivity contribution < 1.29 is 14.3 Å². The monoisotopic (exact) mass is 431 g/mol. The lowest BCUT2D eigenvalue weighted by atomic mass is 10.2. The van der Waals surface area contributed by atoms with E-state index in [1.54, 1.807) is 31.2 Å². The first-order valence-corrected chi connectivity index (χ1v) is 9.97. The Bertz CT molecular complexity index is 814. The van der Waals surface area contributed by atoms with Crippen LogP contribution in [0.15, 0.2) is 36.4 Å². The van der Waals surface area contributed by atoms with Gasteiger partial charge < -0.3 is 10.1 Å². The number of ether oxygens (including phenoxy) is 1. The average molecular weight is 433 g/mol. The lowest BCUT2D eigenvalue weighted by molar-refractivity contribution is -0.113. The van der Waals surface area contributed by atoms with Gasteiger partial charge in [0.25, 0.3) is 0 Å². The standard InChI is InChI=1S/C18H16Cl3NO3S/c1-2-25-18(24)13-8-12(4-6-14(13)19)22-17(23)10-26-9-11-3-5-15(20)16(21)7-11/h3-8H,2,9-10H2,1H3,(H,22,23). The van der Waals surface area contributed by atoms with Crippen LogP contribution >= 0.6 is 46.6 Å². The van der Waals surface area contributed by atoms with Crippen LogP contribution in [-0.2, 0) is 15.3 Å². The van der Waals surface area contributed by atoms with Gasteiger partial charge in [0.2, 0.25) is 5.91 Å². The molecule has 1 amide bonds. The van der Waals surface area contributed by atoms with Crippen molar-refractivity contribution in [1.82, 2.24) is 0 Å². The van der Waals surface area contributed by atoms with Crippen molar-refractivity contribution in [3.8, 4) is 0 Å². The van der Waals surface area contributed by atoms with Crippen molar-refractivity contribution in [1.29, 1.82) is 0 Å². The van der Waals surface area contributed by atoms with Gasteiger partial charge in [0.1, 0.15) is 0 Å². The number of amides is 1. The molecule has 138 valence electrons. The predicted molar refractivity (Wildman–Crippen MR) is 109 cm³/mol. The second-order valence-electron chi connectivity index (χ2n) is 5.20. The third kappa shape index (κ3) is 6.09. The minimum absolute atomic E-state index is 0.188. The summed E-state index contributed by atoms with van der Waals surface area (Å²) in [6.45, 7) is 1.96. The molecule has 2 aromatic carbocycles. The Kier molecular flexibility index (Phi) is 8.10. The summed E-state index contributed by atoms with van der Waals surface area (Å²) < 4.78 is 4.94. The molecule has 2 rings (SSSR count). The van der Waals surface area contributed by atoms with E-state index >= 15 is 0 Å². The van der Waals surface area contributed by atoms with Crippen LogP contribution in [0.1, 0.15) is 22.8 Å². The van der Waals surface area contributed by atoms with Crippen molar-refractivity contribution in [3.05, 3.63) is 62.6 Å². The third-order valence-corrected chi connectivity index (χ3v) is 5.30. The molecule has 0 aliphatic rings. The molecular formula is C18H16Cl3NO3S. The molecule has 2 aromatic rings. The quantitative estimate of drug-likeness (QED) is 0.571. The molecule has 1 N–H and O–H groups in total. The van der Waals surface area contributed by atoms with E-state index in [-0.39, 0.29) is 28.9 Å². The van der Waals surface area contributed by atoms with Crippen LogP contribution in [0.3, 0.4) is 0 Å². The summed E-state index contributed by atoms with van der Waals surface area (Å²) in [5, 5.41) is 4.00. The van der Waals surface area contributed by atoms with E-state index in [0.29, 0.717) is 21.5 Å². The number of benzene rings is 2. The lowest BCUT2D eigenvalue weighted by Gasteiger charge is -2.09. The van der Waals surface area contributed by atoms with Gasteiger partial charge in [0.15, 0.2) is 0 Å². The number of carbonyl (C=O) groups excluding carboxylic acids is 2. The topological polar surface area (TPSA) is 55.4 Å². The lowest BCUT2D eigenvalue weighted by Crippen LogP contribution is -2.15. The minimum atomic E-state index is -0.525. The Balaban J connectivity index is 1.90. The van der Waals surface area contributed by atoms with E-state index in [1.165, 1.54) is 17.8 Å². The first-order chi connectivity index (χ1) is 12.4. The smallest absolute Gasteiger partial charge is 0.339 e. The van der Waals surface area contributed by atoms with Crippen LogP contribution < -0.4 is 5.32 Å². The molecule has 0 aliphatic heterocycles. The van der Waals surface area contributed by atoms with Crippen LogP contribution in [0.5, 0.6) is 0 Å². The molecule has 4 nitrogen and oxygen atoms in total. The normalized spacial score (nSPS) is 10.5. The number of thioether (sulfide) groups is 1. The third-order valence-electron chi connectivity index (χ3n) is 3.23. The Morgan fingerprint density at radius 2 is 1.77 bits per heavy atom. The summed E-state index contributed by atoms with van der Waals surface area (Å²) in [6.07, 6.45) is 0. The molecule has 8 heteroatoms. The maximum Gasteiger partial charge on any atom is 0.339 e. The Labute approximate surface area is 171 Å². The molecule has 0 fully saturated rings. The van der Waals surface area contributed by atoms with E-state index < -0.39 is 5.97 Å². The van der Waals surface area contributed by atoms with Crippen LogP contribution in [0.4, 0.5) is 5.69 Å². The summed E-state index contributed by atoms with van der Waals surface area (Å²) in [6, 6.07) is 10.1. The molecule has 0 spiro atoms. The van der Waals surface area contributed by atoms with E-state index in [9.17, 15) is 9.59 Å². The first kappa shape index (κ1) is 20.9. The Hall–Kier alpha value is -1.40. The number of anilines is 1. The zero-order chi connectivity index (χ0) is 19.1. The Morgan fingerprint density at radius 1 is 1.04 bits per heavy atom. The first-order valence-electron chi connectivity index (χ1n) is 7.69. The summed E-state index contributed by atoms with van der Waals surface area (Å²) in [4.78, 5) is 23.9. The highest BCUT2D eigenvalue weighted by Gasteiger charge is 2.13. The highest BCUT2D eigenvalue weighted by atomic mass is 35.5. The largest absolute Gasteiger partial charge is 0.462 e. The van der Waals surface area contributed by atoms with Gasteiger partial charge in [0, 0.05) is 11.4 Å². The van der Waals surface area contributed by atoms with Gasteiger partial charge in [-0.2, -0.15) is 0 Å². The highest BCUT2D eigenvalue weighted by molar-refractivity contribution is 7.99. The Morgan fingerprint density at radius 3 is 2.46 bits per heavy atom. The number of hydrogen-bond donors (Lipinski definition) is 1. The van der Waals surface area contributed by atoms with Gasteiger partial charge in [0.05, 0.1) is 33.0 Å². The number of esters is 1. The van der Waals surface area contributed by atoms with Crippen molar-refractivity contribution in [2.45, 2.75) is 12.7 Å². The SMILES string of the molecule is CCOC(=O)c1cc(NC(=O)CSCc2ccc(Cl)c(Cl)c2)ccc1Cl. The fraction of sp³-hybridized carbons (Fsp3) is 0.222. The van der Waals surface area contributed by atoms with Crippen molar-refractivity contribution in [2.24, 2.45) is 0 Å². The molecule has 0 bridgehead atoms. The molecule has 0 aliphatic carbocycles. The second kappa shape index (κ2) is 10.1. The predicted octanol–water partition coefficient (Wildman–Crippen LogP) is 5.70. The van der Waals surface area contributed by atoms with E-state index in [4.69, 9.17) is 39.5 Å². The van der Waals surface area contributed by atoms with E-state index in [0.717, 1.165) is 5.56 Å². The van der Waals surface area contributed by atoms with Crippen molar-refractivity contribution >= 4 is 64.1 Å². The van der Waals surface area contributed by atoms with Gasteiger partial charge in [-0.1, -0.05) is 40.9 Å². The second-order valence-corrected chi connectivity index (χ2v) is 7.41. The number of rotatable bonds is 7. The summed E-state index contributed by atoms with van der Waals surface area (Å²) in [7, 11) is 0. The number of hydrogen-bond acceptors (Lipinski definition) is 4. The number of nitrogens with one attached hydrogen (secondary N) is 1. The van der Waals surface area contributed by atoms with Gasteiger partial charge in [-0.05, 0) is 42.8 Å². The zero-order valence-electron chi connectivity index (χ0n) is 13.9. The van der Waals surface area contributed by atoms with Gasteiger partial charge >= 0.3 is 5.97 Å². The fourth-order valence-corrected chi connectivity index (χ4v) is 3.35. The van der Waals surface area contributed by atoms with Crippen molar-refractivity contribution in [3.63, 3.8) is 0 Å². The summed E-state index contributed by atoms with van der Waals surface area (Å²) in [5.41, 5.74) is 1.68. The van der Waals surface area contributed by atoms with Gasteiger partial charge in [-0.3, -0.25) is 4.79 Å². The van der Waals surface area contributed by atoms with Crippen LogP contribution in [0, 0.1) is 0 Å². The van der Waals surface area contributed by atoms with Crippen molar-refractivity contribution in [2.75, 3.05) is 17.7 Å². The molecule has 0 aromatic heterocycles. The highest BCUT2D eigenvalue weighted by Crippen LogP contribution is 2.25. The van der Waals surface area contributed by atoms with Gasteiger partial charge in [-0.15, -0.1) is 11.8 Å². The van der Waals surface area contributed by atoms with Crippen LogP contribution in [-0.4, -0.2) is 24.2 Å². The molecule has 0 saturated heterocycles. The molecule has 0 radical (unpaired) electrons. The van der Waals surface area contributed by atoms with E-state index in [2.05, 4.69) is 5.32 Å². The zero-order valence-corrected chi connectivity index (χ0v) is 16.9. The molecule has 0 atom stereocenters. The summed E-state index contributed by atoms with van der Waals surface area (Å²) in [5.74, 6) is 0.158. The van der Waals surface area contributed by atoms with Crippen LogP contribution in [0.2, 0.25) is 15.1 Å². The maximum atomic E-state index is 12.1. The molecule has 0 heterocycles. The van der Waals surface area contributed by atoms with Crippen LogP contribution in [0.25, 0.3) is 0 Å². The average Bonchev–Trinajstić information content (AvgIpc) is 2.60. The maximum absolute atomic E-state index is 12.1. The summed E-state index contributed by atoms with van der Waals surface area (Å²) >= 11 is 19.3.